The predicted octanol–water partition coefficient (Wildman–Crippen LogP) is 6.92. The van der Waals surface area contributed by atoms with Gasteiger partial charge in [0, 0.05) is 12.0 Å². The lowest BCUT2D eigenvalue weighted by atomic mass is 10.1. The van der Waals surface area contributed by atoms with Gasteiger partial charge in [-0.2, -0.15) is 26.3 Å². The van der Waals surface area contributed by atoms with Crippen molar-refractivity contribution < 1.29 is 53.8 Å². The average molecular weight is 662 g/mol. The number of anilines is 1. The second-order valence-corrected chi connectivity index (χ2v) is 11.8. The summed E-state index contributed by atoms with van der Waals surface area (Å²) in [6, 6.07) is 9.96. The maximum atomic E-state index is 13.7. The lowest BCUT2D eigenvalue weighted by Crippen LogP contribution is -2.43. The Labute approximate surface area is 249 Å². The van der Waals surface area contributed by atoms with Crippen LogP contribution in [0.3, 0.4) is 0 Å². The molecule has 0 radical (unpaired) electrons. The van der Waals surface area contributed by atoms with Gasteiger partial charge < -0.3 is 14.3 Å². The molecule has 0 saturated carbocycles. The van der Waals surface area contributed by atoms with Gasteiger partial charge in [0.1, 0.15) is 11.9 Å². The molecule has 0 fully saturated rings. The van der Waals surface area contributed by atoms with Gasteiger partial charge >= 0.3 is 18.3 Å². The molecule has 1 aliphatic heterocycles. The standard InChI is InChI=1S/C27H18ClF6N3O6S/c28-19-6-2-5-18(27(32,33)34)23(19)25-36-35-24(43-25)14-7-9-21-20(11-14)37(13-16(42-21)8-10-22(38)39)44(40,41)17-4-1-3-15(12-17)26(29,30)31/h1-7,9,11-12,16H,8,10,13H2,(H,38,39). The van der Waals surface area contributed by atoms with Gasteiger partial charge in [0.2, 0.25) is 11.8 Å². The van der Waals surface area contributed by atoms with Crippen LogP contribution in [-0.4, -0.2) is 42.3 Å². The largest absolute Gasteiger partial charge is 0.486 e. The van der Waals surface area contributed by atoms with Crippen molar-refractivity contribution in [3.05, 3.63) is 76.8 Å². The number of benzene rings is 3. The van der Waals surface area contributed by atoms with Crippen LogP contribution in [0.15, 0.2) is 70.0 Å². The highest BCUT2D eigenvalue weighted by Crippen LogP contribution is 2.43. The summed E-state index contributed by atoms with van der Waals surface area (Å²) in [5.41, 5.74) is -3.05. The van der Waals surface area contributed by atoms with Crippen LogP contribution in [0.2, 0.25) is 5.02 Å². The molecule has 1 atom stereocenters. The van der Waals surface area contributed by atoms with E-state index in [-0.39, 0.29) is 40.8 Å². The Morgan fingerprint density at radius 2 is 1.68 bits per heavy atom. The van der Waals surface area contributed by atoms with Gasteiger partial charge in [0.15, 0.2) is 0 Å². The first-order valence-corrected chi connectivity index (χ1v) is 14.3. The number of ether oxygens (including phenoxy) is 1. The fourth-order valence-corrected chi connectivity index (χ4v) is 6.29. The Balaban J connectivity index is 1.58. The summed E-state index contributed by atoms with van der Waals surface area (Å²) in [4.78, 5) is 10.4. The Bertz CT molecular complexity index is 1840. The smallest absolute Gasteiger partial charge is 0.417 e. The highest BCUT2D eigenvalue weighted by atomic mass is 35.5. The first-order valence-electron chi connectivity index (χ1n) is 12.5. The highest BCUT2D eigenvalue weighted by molar-refractivity contribution is 7.92. The molecule has 1 aromatic heterocycles. The van der Waals surface area contributed by atoms with Crippen LogP contribution < -0.4 is 9.04 Å². The molecule has 3 aromatic carbocycles. The molecule has 1 N–H and O–H groups in total. The number of halogens is 7. The fourth-order valence-electron chi connectivity index (χ4n) is 4.49. The number of sulfonamides is 1. The van der Waals surface area contributed by atoms with E-state index in [0.717, 1.165) is 28.6 Å². The molecule has 2 heterocycles. The number of hydrogen-bond acceptors (Lipinski definition) is 7. The summed E-state index contributed by atoms with van der Waals surface area (Å²) in [5, 5.41) is 16.2. The molecule has 9 nitrogen and oxygen atoms in total. The number of carboxylic acid groups (broad SMARTS) is 1. The third kappa shape index (κ3) is 6.17. The van der Waals surface area contributed by atoms with E-state index in [1.807, 2.05) is 0 Å². The molecule has 1 aliphatic rings. The van der Waals surface area contributed by atoms with Crippen molar-refractivity contribution in [1.29, 1.82) is 0 Å². The minimum absolute atomic E-state index is 0.0277. The summed E-state index contributed by atoms with van der Waals surface area (Å²) < 4.78 is 121. The topological polar surface area (TPSA) is 123 Å². The first kappa shape index (κ1) is 31.1. The van der Waals surface area contributed by atoms with Crippen LogP contribution in [0, 0.1) is 0 Å². The van der Waals surface area contributed by atoms with Gasteiger partial charge in [-0.15, -0.1) is 10.2 Å². The van der Waals surface area contributed by atoms with Crippen LogP contribution >= 0.6 is 11.6 Å². The lowest BCUT2D eigenvalue weighted by Gasteiger charge is -2.35. The Morgan fingerprint density at radius 1 is 0.977 bits per heavy atom. The number of nitrogens with zero attached hydrogens (tertiary/aromatic N) is 3. The van der Waals surface area contributed by atoms with Crippen molar-refractivity contribution in [2.24, 2.45) is 0 Å². The van der Waals surface area contributed by atoms with Crippen LogP contribution in [0.1, 0.15) is 24.0 Å². The molecule has 17 heteroatoms. The van der Waals surface area contributed by atoms with Crippen LogP contribution in [0.25, 0.3) is 22.9 Å². The zero-order valence-electron chi connectivity index (χ0n) is 21.9. The number of aliphatic carboxylic acids is 1. The van der Waals surface area contributed by atoms with E-state index in [0.29, 0.717) is 12.1 Å². The third-order valence-electron chi connectivity index (χ3n) is 6.53. The van der Waals surface area contributed by atoms with E-state index in [2.05, 4.69) is 10.2 Å². The quantitative estimate of drug-likeness (QED) is 0.212. The average Bonchev–Trinajstić information content (AvgIpc) is 3.44. The maximum absolute atomic E-state index is 13.7. The van der Waals surface area contributed by atoms with Crippen molar-refractivity contribution in [3.63, 3.8) is 0 Å². The van der Waals surface area contributed by atoms with Crippen molar-refractivity contribution >= 4 is 33.3 Å². The molecule has 1 unspecified atom stereocenters. The molecule has 44 heavy (non-hydrogen) atoms. The molecule has 4 aromatic rings. The second kappa shape index (κ2) is 11.3. The molecular formula is C27H18ClF6N3O6S. The van der Waals surface area contributed by atoms with Gasteiger partial charge in [0.25, 0.3) is 10.0 Å². The summed E-state index contributed by atoms with van der Waals surface area (Å²) in [7, 11) is -4.70. The van der Waals surface area contributed by atoms with Gasteiger partial charge in [0.05, 0.1) is 38.8 Å². The fraction of sp³-hybridized carbons (Fsp3) is 0.222. The van der Waals surface area contributed by atoms with Gasteiger partial charge in [-0.3, -0.25) is 9.10 Å². The van der Waals surface area contributed by atoms with E-state index in [1.165, 1.54) is 24.3 Å². The Morgan fingerprint density at radius 3 is 2.36 bits per heavy atom. The molecule has 5 rings (SSSR count). The van der Waals surface area contributed by atoms with Gasteiger partial charge in [-0.1, -0.05) is 23.7 Å². The molecule has 0 bridgehead atoms. The maximum Gasteiger partial charge on any atom is 0.417 e. The monoisotopic (exact) mass is 661 g/mol. The van der Waals surface area contributed by atoms with E-state index >= 15 is 0 Å². The minimum Gasteiger partial charge on any atom is -0.486 e. The summed E-state index contributed by atoms with van der Waals surface area (Å²) >= 11 is 6.02. The molecule has 0 aliphatic carbocycles. The first-order chi connectivity index (χ1) is 20.6. The molecule has 0 spiro atoms. The van der Waals surface area contributed by atoms with E-state index in [1.54, 1.807) is 0 Å². The summed E-state index contributed by atoms with van der Waals surface area (Å²) in [6.07, 6.45) is -11.1. The Kier molecular flexibility index (Phi) is 8.01. The highest BCUT2D eigenvalue weighted by Gasteiger charge is 2.38. The van der Waals surface area contributed by atoms with Crippen molar-refractivity contribution in [3.8, 4) is 28.7 Å². The van der Waals surface area contributed by atoms with Gasteiger partial charge in [-0.05, 0) is 55.0 Å². The predicted molar refractivity (Wildman–Crippen MR) is 142 cm³/mol. The van der Waals surface area contributed by atoms with Crippen LogP contribution in [0.4, 0.5) is 32.0 Å². The Hall–Kier alpha value is -4.31. The summed E-state index contributed by atoms with van der Waals surface area (Å²) in [6.45, 7) is -0.466. The SMILES string of the molecule is O=C(O)CCC1CN(S(=O)(=O)c2cccc(C(F)(F)F)c2)c2cc(-c3nnc(-c4c(Cl)cccc4C(F)(F)F)o3)ccc2O1. The third-order valence-corrected chi connectivity index (χ3v) is 8.62. The van der Waals surface area contributed by atoms with E-state index < -0.39 is 68.5 Å². The number of carboxylic acids is 1. The van der Waals surface area contributed by atoms with Crippen molar-refractivity contribution in [1.82, 2.24) is 10.2 Å². The number of fused-ring (bicyclic) bond motifs is 1. The number of aromatic nitrogens is 2. The number of alkyl halides is 6. The van der Waals surface area contributed by atoms with Crippen LogP contribution in [0.5, 0.6) is 5.75 Å². The number of rotatable bonds is 7. The zero-order valence-corrected chi connectivity index (χ0v) is 23.4. The molecule has 0 saturated heterocycles. The number of carbonyl (C=O) groups is 1. The lowest BCUT2D eigenvalue weighted by molar-refractivity contribution is -0.138. The molecule has 0 amide bonds. The minimum atomic E-state index is -4.84. The summed E-state index contributed by atoms with van der Waals surface area (Å²) in [5.74, 6) is -2.15. The van der Waals surface area contributed by atoms with Crippen LogP contribution in [-0.2, 0) is 27.2 Å². The zero-order chi connectivity index (χ0) is 32.0. The van der Waals surface area contributed by atoms with Crippen molar-refractivity contribution in [2.75, 3.05) is 10.8 Å². The normalized spacial score (nSPS) is 15.5. The number of hydrogen-bond donors (Lipinski definition) is 1. The van der Waals surface area contributed by atoms with Gasteiger partial charge in [-0.25, -0.2) is 8.42 Å². The molecule has 232 valence electrons. The van der Waals surface area contributed by atoms with Crippen molar-refractivity contribution in [2.45, 2.75) is 36.2 Å². The second-order valence-electron chi connectivity index (χ2n) is 9.49. The van der Waals surface area contributed by atoms with E-state index in [4.69, 9.17) is 25.9 Å². The van der Waals surface area contributed by atoms with E-state index in [9.17, 15) is 39.6 Å². The molecular weight excluding hydrogens is 644 g/mol.